The van der Waals surface area contributed by atoms with Gasteiger partial charge in [0.2, 0.25) is 65.0 Å². The fourth-order valence-corrected chi connectivity index (χ4v) is 9.72. The highest BCUT2D eigenvalue weighted by molar-refractivity contribution is 5.98. The Labute approximate surface area is 460 Å². The van der Waals surface area contributed by atoms with Crippen molar-refractivity contribution in [2.75, 3.05) is 45.8 Å². The van der Waals surface area contributed by atoms with Gasteiger partial charge in [-0.25, -0.2) is 4.79 Å². The Morgan fingerprint density at radius 1 is 0.570 bits per heavy atom. The number of benzene rings is 1. The van der Waals surface area contributed by atoms with Gasteiger partial charge in [-0.2, -0.15) is 0 Å². The summed E-state index contributed by atoms with van der Waals surface area (Å²) in [6, 6.07) is -2.21. The van der Waals surface area contributed by atoms with E-state index >= 15 is 0 Å². The lowest BCUT2D eigenvalue weighted by molar-refractivity contribution is -0.148. The van der Waals surface area contributed by atoms with Crippen molar-refractivity contribution < 1.29 is 67.7 Å². The standard InChI is InChI=1S/C53H82N12O14/c1-8-31(6)45(62-42(68)26-56-48(73)36(22-29(2)3)61-49(74)37(23-30(4)5)60-41(67)25-55-47(72)35(54)24-33-15-17-34(66)18-16-33)51(76)59-32(7)46(71)57-27-43(69)63-19-10-13-39(63)52(77)65-21-9-12-38(65)50(75)58-28-44(70)64-20-11-14-40(64)53(78)79/h15-18,29-32,35-40,45,66H,8-14,19-28,54H2,1-7H3,(H,55,72)(H,56,73)(H,57,71)(H,58,75)(H,59,76)(H,60,67)(H,61,74)(H,62,68)(H,78,79)/t31-,32-,35-,36-,37-,38-,39-,40-,45-/m0/s1. The summed E-state index contributed by atoms with van der Waals surface area (Å²) in [5.41, 5.74) is 6.72. The summed E-state index contributed by atoms with van der Waals surface area (Å²) in [6.07, 6.45) is 3.37. The molecule has 0 aromatic heterocycles. The number of likely N-dealkylation sites (tertiary alicyclic amines) is 3. The highest BCUT2D eigenvalue weighted by atomic mass is 16.4. The maximum Gasteiger partial charge on any atom is 0.326 e. The van der Waals surface area contributed by atoms with Gasteiger partial charge in [-0.15, -0.1) is 0 Å². The second kappa shape index (κ2) is 30.7. The Morgan fingerprint density at radius 3 is 1.63 bits per heavy atom. The van der Waals surface area contributed by atoms with Gasteiger partial charge >= 0.3 is 5.97 Å². The average Bonchev–Trinajstić information content (AvgIpc) is 4.23. The van der Waals surface area contributed by atoms with Crippen molar-refractivity contribution in [3.05, 3.63) is 29.8 Å². The number of phenolic OH excluding ortho intramolecular Hbond substituents is 1. The molecule has 0 aliphatic carbocycles. The van der Waals surface area contributed by atoms with E-state index in [0.717, 1.165) is 0 Å². The van der Waals surface area contributed by atoms with E-state index in [4.69, 9.17) is 5.73 Å². The first kappa shape index (κ1) is 64.1. The molecule has 0 saturated carbocycles. The molecule has 3 heterocycles. The number of aromatic hydroxyl groups is 1. The molecule has 9 atom stereocenters. The van der Waals surface area contributed by atoms with Crippen molar-refractivity contribution >= 4 is 70.9 Å². The second-order valence-corrected chi connectivity index (χ2v) is 21.5. The Kier molecular flexibility index (Phi) is 24.9. The first-order valence-corrected chi connectivity index (χ1v) is 27.3. The molecule has 0 bridgehead atoms. The molecule has 3 aliphatic heterocycles. The molecule has 0 radical (unpaired) electrons. The number of hydrogen-bond donors (Lipinski definition) is 11. The molecule has 1 aromatic carbocycles. The van der Waals surface area contributed by atoms with Gasteiger partial charge < -0.3 is 73.2 Å². The van der Waals surface area contributed by atoms with Gasteiger partial charge in [0, 0.05) is 19.6 Å². The van der Waals surface area contributed by atoms with Crippen LogP contribution < -0.4 is 48.3 Å². The zero-order valence-electron chi connectivity index (χ0n) is 46.4. The zero-order valence-corrected chi connectivity index (χ0v) is 46.4. The first-order valence-electron chi connectivity index (χ1n) is 27.3. The monoisotopic (exact) mass is 1110 g/mol. The number of amides is 11. The number of carboxylic acids is 1. The van der Waals surface area contributed by atoms with Crippen LogP contribution in [0.15, 0.2) is 24.3 Å². The summed E-state index contributed by atoms with van der Waals surface area (Å²) in [6.45, 7) is 10.9. The van der Waals surface area contributed by atoms with Crippen molar-refractivity contribution in [3.8, 4) is 5.75 Å². The van der Waals surface area contributed by atoms with Gasteiger partial charge in [0.15, 0.2) is 0 Å². The summed E-state index contributed by atoms with van der Waals surface area (Å²) < 4.78 is 0. The Balaban J connectivity index is 1.25. The summed E-state index contributed by atoms with van der Waals surface area (Å²) in [5, 5.41) is 39.5. The molecule has 438 valence electrons. The Bertz CT molecular complexity index is 2370. The number of hydrogen-bond acceptors (Lipinski definition) is 14. The van der Waals surface area contributed by atoms with Gasteiger partial charge in [-0.3, -0.25) is 52.7 Å². The fourth-order valence-electron chi connectivity index (χ4n) is 9.72. The van der Waals surface area contributed by atoms with E-state index in [1.165, 1.54) is 33.8 Å². The van der Waals surface area contributed by atoms with Crippen LogP contribution in [0.5, 0.6) is 5.75 Å². The lowest BCUT2D eigenvalue weighted by Crippen LogP contribution is -2.58. The third-order valence-corrected chi connectivity index (χ3v) is 14.2. The number of carbonyl (C=O) groups excluding carboxylic acids is 11. The highest BCUT2D eigenvalue weighted by Gasteiger charge is 2.43. The smallest absolute Gasteiger partial charge is 0.326 e. The average molecular weight is 1110 g/mol. The molecule has 12 N–H and O–H groups in total. The molecule has 26 heteroatoms. The molecule has 4 rings (SSSR count). The highest BCUT2D eigenvalue weighted by Crippen LogP contribution is 2.26. The number of rotatable bonds is 28. The van der Waals surface area contributed by atoms with Crippen molar-refractivity contribution in [1.82, 2.24) is 57.2 Å². The van der Waals surface area contributed by atoms with Crippen LogP contribution in [0.25, 0.3) is 0 Å². The van der Waals surface area contributed by atoms with Gasteiger partial charge in [-0.05, 0) is 100 Å². The van der Waals surface area contributed by atoms with Gasteiger partial charge in [0.05, 0.1) is 32.2 Å². The van der Waals surface area contributed by atoms with E-state index in [2.05, 4.69) is 42.5 Å². The van der Waals surface area contributed by atoms with Crippen LogP contribution in [0.2, 0.25) is 0 Å². The third-order valence-electron chi connectivity index (χ3n) is 14.2. The van der Waals surface area contributed by atoms with E-state index in [-0.39, 0.29) is 56.5 Å². The molecule has 26 nitrogen and oxygen atoms in total. The van der Waals surface area contributed by atoms with E-state index in [1.54, 1.807) is 26.0 Å². The quantitative estimate of drug-likeness (QED) is 0.0428. The van der Waals surface area contributed by atoms with Crippen molar-refractivity contribution in [2.45, 2.75) is 161 Å². The minimum absolute atomic E-state index is 0.0566. The van der Waals surface area contributed by atoms with Crippen LogP contribution >= 0.6 is 0 Å². The molecular formula is C53H82N12O14. The van der Waals surface area contributed by atoms with Crippen LogP contribution in [0, 0.1) is 17.8 Å². The van der Waals surface area contributed by atoms with Crippen molar-refractivity contribution in [3.63, 3.8) is 0 Å². The van der Waals surface area contributed by atoms with Crippen LogP contribution in [-0.2, 0) is 64.0 Å². The molecule has 11 amide bonds. The zero-order chi connectivity index (χ0) is 58.7. The van der Waals surface area contributed by atoms with E-state index in [0.29, 0.717) is 50.5 Å². The van der Waals surface area contributed by atoms with Crippen LogP contribution in [-0.4, -0.2) is 190 Å². The number of carboxylic acid groups (broad SMARTS) is 1. The van der Waals surface area contributed by atoms with Crippen LogP contribution in [0.4, 0.5) is 0 Å². The van der Waals surface area contributed by atoms with Crippen molar-refractivity contribution in [2.24, 2.45) is 23.5 Å². The molecule has 1 aromatic rings. The lowest BCUT2D eigenvalue weighted by atomic mass is 9.98. The lowest BCUT2D eigenvalue weighted by Gasteiger charge is -2.31. The maximum atomic E-state index is 13.9. The minimum atomic E-state index is -1.19. The second-order valence-electron chi connectivity index (χ2n) is 21.5. The largest absolute Gasteiger partial charge is 0.508 e. The van der Waals surface area contributed by atoms with E-state index in [1.807, 2.05) is 27.7 Å². The maximum absolute atomic E-state index is 13.9. The summed E-state index contributed by atoms with van der Waals surface area (Å²) in [5.74, 6) is -8.70. The summed E-state index contributed by atoms with van der Waals surface area (Å²) >= 11 is 0. The van der Waals surface area contributed by atoms with Gasteiger partial charge in [-0.1, -0.05) is 60.1 Å². The molecule has 79 heavy (non-hydrogen) atoms. The molecule has 3 aliphatic rings. The number of aliphatic carboxylic acids is 1. The number of phenols is 1. The Hall–Kier alpha value is -7.38. The van der Waals surface area contributed by atoms with E-state index < -0.39 is 151 Å². The number of nitrogens with two attached hydrogens (primary N) is 1. The van der Waals surface area contributed by atoms with Crippen molar-refractivity contribution in [1.29, 1.82) is 0 Å². The summed E-state index contributed by atoms with van der Waals surface area (Å²) in [7, 11) is 0. The SMILES string of the molecule is CC[C@H](C)[C@H](NC(=O)CNC(=O)[C@H](CC(C)C)NC(=O)[C@H](CC(C)C)NC(=O)CNC(=O)[C@@H](N)Cc1ccc(O)cc1)C(=O)N[C@@H](C)C(=O)NCC(=O)N1CCC[C@H]1C(=O)N1CCC[C@H]1C(=O)NCC(=O)N1CCC[C@H]1C(=O)O. The minimum Gasteiger partial charge on any atom is -0.508 e. The fraction of sp³-hybridized carbons (Fsp3) is 0.660. The molecule has 3 saturated heterocycles. The third kappa shape index (κ3) is 19.5. The normalized spacial score (nSPS) is 19.3. The predicted octanol–water partition coefficient (Wildman–Crippen LogP) is -2.12. The number of nitrogens with one attached hydrogen (secondary N) is 8. The predicted molar refractivity (Wildman–Crippen MR) is 285 cm³/mol. The number of nitrogens with zero attached hydrogens (tertiary/aromatic N) is 3. The van der Waals surface area contributed by atoms with E-state index in [9.17, 15) is 67.7 Å². The summed E-state index contributed by atoms with van der Waals surface area (Å²) in [4.78, 5) is 162. The molecule has 0 unspecified atom stereocenters. The van der Waals surface area contributed by atoms with Crippen LogP contribution in [0.3, 0.4) is 0 Å². The van der Waals surface area contributed by atoms with Gasteiger partial charge in [0.1, 0.15) is 48.0 Å². The van der Waals surface area contributed by atoms with Gasteiger partial charge in [0.25, 0.3) is 0 Å². The molecular weight excluding hydrogens is 1030 g/mol. The Morgan fingerprint density at radius 2 is 1.06 bits per heavy atom. The topological polar surface area (TPSA) is 377 Å². The molecule has 0 spiro atoms. The number of carbonyl (C=O) groups is 12. The molecule has 3 fully saturated rings. The first-order chi connectivity index (χ1) is 37.3. The van der Waals surface area contributed by atoms with Crippen LogP contribution in [0.1, 0.15) is 112 Å².